The Morgan fingerprint density at radius 3 is 2.58 bits per heavy atom. The number of ether oxygens (including phenoxy) is 2. The zero-order chi connectivity index (χ0) is 28.8. The third-order valence-corrected chi connectivity index (χ3v) is 7.10. The van der Waals surface area contributed by atoms with Crippen LogP contribution in [0.3, 0.4) is 0 Å². The summed E-state index contributed by atoms with van der Waals surface area (Å²) in [6.45, 7) is 5.49. The molecule has 206 valence electrons. The fourth-order valence-electron chi connectivity index (χ4n) is 3.98. The number of rotatable bonds is 10. The molecule has 0 spiro atoms. The van der Waals surface area contributed by atoms with Gasteiger partial charge in [0.25, 0.3) is 16.8 Å². The van der Waals surface area contributed by atoms with Crippen LogP contribution in [-0.2, 0) is 16.2 Å². The number of nitrogens with zero attached hydrogens (tertiary/aromatic N) is 2. The van der Waals surface area contributed by atoms with E-state index in [9.17, 15) is 24.5 Å². The van der Waals surface area contributed by atoms with E-state index in [-0.39, 0.29) is 17.2 Å². The number of amides is 3. The van der Waals surface area contributed by atoms with E-state index in [1.807, 2.05) is 26.0 Å². The van der Waals surface area contributed by atoms with Gasteiger partial charge < -0.3 is 14.8 Å². The second kappa shape index (κ2) is 12.5. The molecular weight excluding hydrogens is 534 g/mol. The second-order valence-corrected chi connectivity index (χ2v) is 9.87. The molecule has 4 rings (SSSR count). The number of para-hydroxylation sites is 1. The maximum absolute atomic E-state index is 13.0. The van der Waals surface area contributed by atoms with Crippen molar-refractivity contribution in [3.05, 3.63) is 97.9 Å². The van der Waals surface area contributed by atoms with Gasteiger partial charge in [0.1, 0.15) is 13.2 Å². The van der Waals surface area contributed by atoms with Gasteiger partial charge in [0.15, 0.2) is 11.5 Å². The number of hydrogen-bond donors (Lipinski definition) is 1. The summed E-state index contributed by atoms with van der Waals surface area (Å²) in [5.41, 5.74) is 3.48. The summed E-state index contributed by atoms with van der Waals surface area (Å²) in [5, 5.41) is 13.5. The average Bonchev–Trinajstić information content (AvgIpc) is 3.18. The highest BCUT2D eigenvalue weighted by Crippen LogP contribution is 2.35. The first-order valence-corrected chi connectivity index (χ1v) is 13.2. The van der Waals surface area contributed by atoms with Crippen LogP contribution in [0.25, 0.3) is 6.08 Å². The van der Waals surface area contributed by atoms with E-state index < -0.39 is 28.5 Å². The van der Waals surface area contributed by atoms with Crippen LogP contribution in [0.2, 0.25) is 0 Å². The van der Waals surface area contributed by atoms with Crippen molar-refractivity contribution in [1.29, 1.82) is 0 Å². The summed E-state index contributed by atoms with van der Waals surface area (Å²) in [7, 11) is 0. The van der Waals surface area contributed by atoms with Crippen LogP contribution in [-0.4, -0.2) is 40.0 Å². The van der Waals surface area contributed by atoms with Gasteiger partial charge in [0.05, 0.1) is 22.0 Å². The first-order chi connectivity index (χ1) is 19.2. The van der Waals surface area contributed by atoms with Gasteiger partial charge in [-0.2, -0.15) is 0 Å². The van der Waals surface area contributed by atoms with Gasteiger partial charge in [-0.05, 0) is 79.6 Å². The smallest absolute Gasteiger partial charge is 0.294 e. The molecule has 3 amide bonds. The minimum atomic E-state index is -0.569. The van der Waals surface area contributed by atoms with Crippen molar-refractivity contribution >= 4 is 46.3 Å². The number of benzene rings is 3. The number of nitro benzene ring substituents is 1. The minimum Gasteiger partial charge on any atom is -0.490 e. The molecule has 1 saturated heterocycles. The van der Waals surface area contributed by atoms with Crippen molar-refractivity contribution < 1.29 is 28.8 Å². The van der Waals surface area contributed by atoms with Crippen LogP contribution in [0.1, 0.15) is 29.2 Å². The molecule has 11 heteroatoms. The van der Waals surface area contributed by atoms with Crippen LogP contribution in [0, 0.1) is 24.0 Å². The maximum Gasteiger partial charge on any atom is 0.294 e. The van der Waals surface area contributed by atoms with E-state index in [0.717, 1.165) is 27.8 Å². The van der Waals surface area contributed by atoms with Crippen LogP contribution in [0.15, 0.2) is 65.6 Å². The average molecular weight is 562 g/mol. The van der Waals surface area contributed by atoms with Gasteiger partial charge in [-0.1, -0.05) is 30.3 Å². The monoisotopic (exact) mass is 561 g/mol. The SMILES string of the molecule is CCOc1cc(/C=C2/SC(=O)N(CC(=O)Nc3cccc(C)c3C)C2=O)ccc1OCc1ccccc1[N+](=O)[O-]. The summed E-state index contributed by atoms with van der Waals surface area (Å²) in [6, 6.07) is 16.8. The summed E-state index contributed by atoms with van der Waals surface area (Å²) in [6.07, 6.45) is 1.54. The molecule has 1 N–H and O–H groups in total. The van der Waals surface area contributed by atoms with Gasteiger partial charge in [-0.25, -0.2) is 0 Å². The first kappa shape index (κ1) is 28.4. The Morgan fingerprint density at radius 2 is 1.82 bits per heavy atom. The minimum absolute atomic E-state index is 0.0421. The number of thioether (sulfide) groups is 1. The van der Waals surface area contributed by atoms with Crippen molar-refractivity contribution in [2.24, 2.45) is 0 Å². The Bertz CT molecular complexity index is 1520. The largest absolute Gasteiger partial charge is 0.490 e. The Morgan fingerprint density at radius 1 is 1.05 bits per heavy atom. The molecular formula is C29H27N3O7S. The Hall–Kier alpha value is -4.64. The Balaban J connectivity index is 1.47. The van der Waals surface area contributed by atoms with Gasteiger partial charge in [-0.3, -0.25) is 29.4 Å². The fourth-order valence-corrected chi connectivity index (χ4v) is 4.81. The molecule has 0 radical (unpaired) electrons. The van der Waals surface area contributed by atoms with Crippen LogP contribution in [0.5, 0.6) is 11.5 Å². The van der Waals surface area contributed by atoms with Crippen molar-refractivity contribution in [2.45, 2.75) is 27.4 Å². The molecule has 10 nitrogen and oxygen atoms in total. The molecule has 0 unspecified atom stereocenters. The highest BCUT2D eigenvalue weighted by molar-refractivity contribution is 8.18. The highest BCUT2D eigenvalue weighted by atomic mass is 32.2. The van der Waals surface area contributed by atoms with Crippen molar-refractivity contribution in [3.63, 3.8) is 0 Å². The van der Waals surface area contributed by atoms with Gasteiger partial charge in [0.2, 0.25) is 5.91 Å². The van der Waals surface area contributed by atoms with E-state index in [1.54, 1.807) is 55.5 Å². The Kier molecular flexibility index (Phi) is 8.85. The lowest BCUT2D eigenvalue weighted by Gasteiger charge is -2.14. The number of nitrogens with one attached hydrogen (secondary N) is 1. The van der Waals surface area contributed by atoms with Crippen LogP contribution >= 0.6 is 11.8 Å². The van der Waals surface area contributed by atoms with Crippen molar-refractivity contribution in [3.8, 4) is 11.5 Å². The number of carbonyl (C=O) groups excluding carboxylic acids is 3. The predicted molar refractivity (Wildman–Crippen MR) is 152 cm³/mol. The molecule has 40 heavy (non-hydrogen) atoms. The summed E-state index contributed by atoms with van der Waals surface area (Å²) in [4.78, 5) is 50.1. The summed E-state index contributed by atoms with van der Waals surface area (Å²) in [5.74, 6) is -0.299. The van der Waals surface area contributed by atoms with E-state index >= 15 is 0 Å². The molecule has 0 saturated carbocycles. The molecule has 0 atom stereocenters. The number of nitro groups is 1. The third-order valence-electron chi connectivity index (χ3n) is 6.19. The van der Waals surface area contributed by atoms with Gasteiger partial charge in [-0.15, -0.1) is 0 Å². The zero-order valence-electron chi connectivity index (χ0n) is 22.1. The van der Waals surface area contributed by atoms with E-state index in [1.165, 1.54) is 6.07 Å². The molecule has 3 aromatic rings. The first-order valence-electron chi connectivity index (χ1n) is 12.4. The lowest BCUT2D eigenvalue weighted by atomic mass is 10.1. The predicted octanol–water partition coefficient (Wildman–Crippen LogP) is 5.86. The normalized spacial score (nSPS) is 14.0. The molecule has 1 heterocycles. The van der Waals surface area contributed by atoms with E-state index in [0.29, 0.717) is 34.9 Å². The lowest BCUT2D eigenvalue weighted by molar-refractivity contribution is -0.385. The second-order valence-electron chi connectivity index (χ2n) is 8.88. The zero-order valence-corrected chi connectivity index (χ0v) is 22.9. The third kappa shape index (κ3) is 6.49. The maximum atomic E-state index is 13.0. The number of anilines is 1. The van der Waals surface area contributed by atoms with E-state index in [4.69, 9.17) is 9.47 Å². The fraction of sp³-hybridized carbons (Fsp3) is 0.207. The number of aryl methyl sites for hydroxylation is 1. The summed E-state index contributed by atoms with van der Waals surface area (Å²) < 4.78 is 11.5. The van der Waals surface area contributed by atoms with Gasteiger partial charge >= 0.3 is 0 Å². The molecule has 0 bridgehead atoms. The number of imide groups is 1. The standard InChI is InChI=1S/C29H27N3O7S/c1-4-38-25-14-20(12-13-24(25)39-17-21-9-5-6-11-23(21)32(36)37)15-26-28(34)31(29(35)40-26)16-27(33)30-22-10-7-8-18(2)19(22)3/h5-15H,4,16-17H2,1-3H3,(H,30,33)/b26-15+. The molecule has 0 aromatic heterocycles. The van der Waals surface area contributed by atoms with Crippen LogP contribution < -0.4 is 14.8 Å². The Labute approximate surface area is 235 Å². The van der Waals surface area contributed by atoms with Crippen molar-refractivity contribution in [1.82, 2.24) is 4.90 Å². The molecule has 3 aromatic carbocycles. The van der Waals surface area contributed by atoms with E-state index in [2.05, 4.69) is 5.32 Å². The van der Waals surface area contributed by atoms with Crippen molar-refractivity contribution in [2.75, 3.05) is 18.5 Å². The van der Waals surface area contributed by atoms with Gasteiger partial charge in [0, 0.05) is 11.8 Å². The number of hydrogen-bond acceptors (Lipinski definition) is 8. The molecule has 1 aliphatic rings. The molecule has 1 fully saturated rings. The molecule has 1 aliphatic heterocycles. The number of carbonyl (C=O) groups is 3. The highest BCUT2D eigenvalue weighted by Gasteiger charge is 2.36. The summed E-state index contributed by atoms with van der Waals surface area (Å²) >= 11 is 0.748. The lowest BCUT2D eigenvalue weighted by Crippen LogP contribution is -2.36. The molecule has 0 aliphatic carbocycles. The topological polar surface area (TPSA) is 128 Å². The quantitative estimate of drug-likeness (QED) is 0.185. The van der Waals surface area contributed by atoms with Crippen LogP contribution in [0.4, 0.5) is 16.2 Å².